The van der Waals surface area contributed by atoms with E-state index >= 15 is 0 Å². The summed E-state index contributed by atoms with van der Waals surface area (Å²) in [6.07, 6.45) is 0. The molecule has 0 unspecified atom stereocenters. The molecule has 0 N–H and O–H groups in total. The van der Waals surface area contributed by atoms with Crippen molar-refractivity contribution in [3.05, 3.63) is 0 Å². The van der Waals surface area contributed by atoms with E-state index in [1.807, 2.05) is 0 Å². The summed E-state index contributed by atoms with van der Waals surface area (Å²) < 4.78 is 0. The third kappa shape index (κ3) is 11.0. The van der Waals surface area contributed by atoms with Crippen molar-refractivity contribution in [2.24, 2.45) is 0 Å². The molecule has 0 aromatic carbocycles. The van der Waals surface area contributed by atoms with Crippen LogP contribution in [0, 0.1) is 189 Å². The fraction of sp³-hybridized carbons (Fsp3) is 0. The molecule has 0 atom stereocenters. The van der Waals surface area contributed by atoms with E-state index in [4.69, 9.17) is 0 Å². The molecule has 0 spiro atoms. The second-order valence-corrected chi connectivity index (χ2v) is 0. The van der Waals surface area contributed by atoms with Crippen molar-refractivity contribution in [1.29, 1.82) is 0 Å². The smallest absolute Gasteiger partial charge is 0 e. The van der Waals surface area contributed by atoms with Crippen molar-refractivity contribution in [3.63, 3.8) is 0 Å². The molecule has 0 aromatic heterocycles. The van der Waals surface area contributed by atoms with Gasteiger partial charge in [-0.25, -0.2) is 0 Å². The number of hydrogen-bond donors (Lipinski definition) is 0. The fourth-order valence-electron chi connectivity index (χ4n) is 0. The van der Waals surface area contributed by atoms with Gasteiger partial charge in [-0.3, -0.25) is 0 Å². The van der Waals surface area contributed by atoms with Gasteiger partial charge in [-0.2, -0.15) is 0 Å². The quantitative estimate of drug-likeness (QED) is 0.508. The summed E-state index contributed by atoms with van der Waals surface area (Å²) in [6.45, 7) is 0. The zero-order chi connectivity index (χ0) is 0. The molecular formula is Kr2Xe2. The Labute approximate surface area is 181 Å². The molecule has 4 heteroatoms. The number of hydrogen-bond acceptors (Lipinski definition) is 0. The Hall–Kier alpha value is 6.10. The van der Waals surface area contributed by atoms with Gasteiger partial charge in [-0.05, 0) is 0 Å². The first-order valence-electron chi connectivity index (χ1n) is 0. The van der Waals surface area contributed by atoms with E-state index in [2.05, 4.69) is 0 Å². The third-order valence-electron chi connectivity index (χ3n) is 0. The number of rotatable bonds is 0. The Morgan fingerprint density at radius 3 is 0.500 bits per heavy atom. The normalized spacial score (nSPS) is 0. The Kier molecular flexibility index (Phi) is 90.2. The standard InChI is InChI=1S/2Kr.2Xe. The zero-order valence-corrected chi connectivity index (χ0v) is 8.42. The second kappa shape index (κ2) is 16.0. The van der Waals surface area contributed by atoms with Gasteiger partial charge in [-0.1, -0.05) is 0 Å². The summed E-state index contributed by atoms with van der Waals surface area (Å²) in [7, 11) is 0. The van der Waals surface area contributed by atoms with Gasteiger partial charge in [0.2, 0.25) is 0 Å². The van der Waals surface area contributed by atoms with Gasteiger partial charge >= 0.3 is 0 Å². The van der Waals surface area contributed by atoms with Crippen molar-refractivity contribution < 1.29 is 189 Å². The third-order valence-corrected chi connectivity index (χ3v) is 0. The van der Waals surface area contributed by atoms with Gasteiger partial charge in [0, 0.05) is 189 Å². The minimum Gasteiger partial charge on any atom is 0 e. The first-order chi connectivity index (χ1) is 0. The largest absolute Gasteiger partial charge is 0 e. The monoisotopic (exact) mass is 432 g/mol. The molecule has 4 heavy (non-hydrogen) atoms. The van der Waals surface area contributed by atoms with Crippen LogP contribution in [0.4, 0.5) is 0 Å². The van der Waals surface area contributed by atoms with Crippen molar-refractivity contribution in [1.82, 2.24) is 0 Å². The molecule has 0 saturated carbocycles. The summed E-state index contributed by atoms with van der Waals surface area (Å²) in [4.78, 5) is 0. The molecule has 0 aromatic rings. The van der Waals surface area contributed by atoms with E-state index in [1.165, 1.54) is 0 Å². The molecule has 0 aliphatic heterocycles. The topological polar surface area (TPSA) is 0 Å². The summed E-state index contributed by atoms with van der Waals surface area (Å²) in [5.41, 5.74) is 0. The van der Waals surface area contributed by atoms with E-state index < -0.39 is 0 Å². The summed E-state index contributed by atoms with van der Waals surface area (Å²) in [5.74, 6) is 0. The Morgan fingerprint density at radius 1 is 0.500 bits per heavy atom. The van der Waals surface area contributed by atoms with E-state index in [0.29, 0.717) is 0 Å². The van der Waals surface area contributed by atoms with Crippen LogP contribution in [0.3, 0.4) is 0 Å². The molecule has 0 aliphatic carbocycles. The molecule has 0 amide bonds. The van der Waals surface area contributed by atoms with Crippen LogP contribution < -0.4 is 0 Å². The molecule has 0 bridgehead atoms. The molecule has 0 rings (SSSR count). The molecule has 0 radical (unpaired) electrons. The van der Waals surface area contributed by atoms with E-state index in [9.17, 15) is 0 Å². The predicted octanol–water partition coefficient (Wildman–Crippen LogP) is 0. The van der Waals surface area contributed by atoms with Crippen LogP contribution in [0.1, 0.15) is 0 Å². The summed E-state index contributed by atoms with van der Waals surface area (Å²) in [5, 5.41) is 0. The van der Waals surface area contributed by atoms with Gasteiger partial charge in [0.25, 0.3) is 0 Å². The minimum atomic E-state index is 0. The van der Waals surface area contributed by atoms with Gasteiger partial charge in [0.1, 0.15) is 0 Å². The van der Waals surface area contributed by atoms with Crippen LogP contribution in [0.2, 0.25) is 0 Å². The minimum absolute atomic E-state index is 0. The van der Waals surface area contributed by atoms with Crippen LogP contribution >= 0.6 is 0 Å². The molecule has 0 nitrogen and oxygen atoms in total. The molecule has 0 aliphatic rings. The van der Waals surface area contributed by atoms with Crippen LogP contribution in [0.15, 0.2) is 0 Å². The zero-order valence-electron chi connectivity index (χ0n) is 1.41. The maximum absolute atomic E-state index is 0. The average molecular weight is 430 g/mol. The van der Waals surface area contributed by atoms with E-state index in [-0.39, 0.29) is 189 Å². The van der Waals surface area contributed by atoms with E-state index in [0.717, 1.165) is 0 Å². The maximum atomic E-state index is 0. The van der Waals surface area contributed by atoms with Crippen LogP contribution in [0.25, 0.3) is 0 Å². The fourth-order valence-corrected chi connectivity index (χ4v) is 0. The van der Waals surface area contributed by atoms with Crippen molar-refractivity contribution in [3.8, 4) is 0 Å². The van der Waals surface area contributed by atoms with Gasteiger partial charge in [0.15, 0.2) is 0 Å². The van der Waals surface area contributed by atoms with Crippen LogP contribution in [-0.2, 0) is 0 Å². The Morgan fingerprint density at radius 2 is 0.500 bits per heavy atom. The summed E-state index contributed by atoms with van der Waals surface area (Å²) >= 11 is 0. The SMILES string of the molecule is [Kr].[Kr].[Xe].[Xe]. The van der Waals surface area contributed by atoms with E-state index in [1.54, 1.807) is 0 Å². The first-order valence-corrected chi connectivity index (χ1v) is 0. The molecule has 0 fully saturated rings. The first kappa shape index (κ1) is 22.5. The Balaban J connectivity index is 0. The van der Waals surface area contributed by atoms with Crippen LogP contribution in [0.5, 0.6) is 0 Å². The molecule has 32 valence electrons. The Bertz CT molecular complexity index is 4.00. The van der Waals surface area contributed by atoms with Gasteiger partial charge < -0.3 is 0 Å². The molecule has 0 saturated heterocycles. The van der Waals surface area contributed by atoms with Gasteiger partial charge in [-0.15, -0.1) is 0 Å². The van der Waals surface area contributed by atoms with Crippen molar-refractivity contribution in [2.75, 3.05) is 0 Å². The van der Waals surface area contributed by atoms with Gasteiger partial charge in [0.05, 0.1) is 0 Å². The molecular weight excluding hydrogens is 430 g/mol. The molecule has 0 heterocycles. The average Bonchev–Trinajstić information content (AvgIpc) is 0. The van der Waals surface area contributed by atoms with Crippen molar-refractivity contribution in [2.45, 2.75) is 0 Å². The predicted molar refractivity (Wildman–Crippen MR) is 0 cm³/mol. The summed E-state index contributed by atoms with van der Waals surface area (Å²) in [6, 6.07) is 0. The maximum Gasteiger partial charge on any atom is 0 e. The van der Waals surface area contributed by atoms with Crippen molar-refractivity contribution >= 4 is 0 Å². The second-order valence-electron chi connectivity index (χ2n) is 0. The van der Waals surface area contributed by atoms with Crippen LogP contribution in [-0.4, -0.2) is 0 Å².